The fourth-order valence-electron chi connectivity index (χ4n) is 6.93. The van der Waals surface area contributed by atoms with Crippen LogP contribution in [-0.2, 0) is 31.4 Å². The number of likely N-dealkylation sites (N-methyl/N-ethyl adjacent to an activating group) is 1. The molecule has 1 atom stereocenters. The Kier molecular flexibility index (Phi) is 8.02. The SMILES string of the molecule is Cc1c(NC(=O)c2nc3c(n2C)CCN(C)C3)cccc1-c1cncc(-c2nc3cc(CN4CC[C@@H](C(=O)O)C4)cc(C#N)c3o2)c1C. The number of carbonyl (C=O) groups excluding carboxylic acids is 1. The van der Waals surface area contributed by atoms with Crippen LogP contribution in [0.25, 0.3) is 33.7 Å². The lowest BCUT2D eigenvalue weighted by atomic mass is 9.95. The molecule has 2 aliphatic heterocycles. The van der Waals surface area contributed by atoms with Crippen molar-refractivity contribution in [2.75, 3.05) is 32.0 Å². The smallest absolute Gasteiger partial charge is 0.307 e. The zero-order valence-electron chi connectivity index (χ0n) is 27.4. The molecule has 5 heterocycles. The van der Waals surface area contributed by atoms with E-state index in [1.54, 1.807) is 18.5 Å². The molecule has 0 bridgehead atoms. The maximum absolute atomic E-state index is 13.4. The Hall–Kier alpha value is -5.38. The molecule has 1 saturated heterocycles. The molecule has 12 heteroatoms. The largest absolute Gasteiger partial charge is 0.481 e. The lowest BCUT2D eigenvalue weighted by Crippen LogP contribution is -2.27. The highest BCUT2D eigenvalue weighted by Crippen LogP contribution is 2.36. The van der Waals surface area contributed by atoms with Gasteiger partial charge in [0.1, 0.15) is 11.6 Å². The average molecular weight is 645 g/mol. The van der Waals surface area contributed by atoms with Gasteiger partial charge in [0.2, 0.25) is 5.89 Å². The van der Waals surface area contributed by atoms with Crippen molar-refractivity contribution in [2.45, 2.75) is 39.8 Å². The van der Waals surface area contributed by atoms with E-state index in [-0.39, 0.29) is 11.8 Å². The van der Waals surface area contributed by atoms with Crippen molar-refractivity contribution >= 4 is 28.7 Å². The number of imidazole rings is 1. The van der Waals surface area contributed by atoms with Gasteiger partial charge in [0.15, 0.2) is 11.4 Å². The molecular formula is C36H36N8O4. The summed E-state index contributed by atoms with van der Waals surface area (Å²) in [5, 5.41) is 22.4. The van der Waals surface area contributed by atoms with Gasteiger partial charge >= 0.3 is 5.97 Å². The number of oxazole rings is 1. The number of nitriles is 1. The Balaban J connectivity index is 1.17. The van der Waals surface area contributed by atoms with Gasteiger partial charge in [-0.1, -0.05) is 12.1 Å². The number of pyridine rings is 1. The Morgan fingerprint density at radius 2 is 1.90 bits per heavy atom. The number of aromatic nitrogens is 4. The van der Waals surface area contributed by atoms with Crippen LogP contribution in [0.3, 0.4) is 0 Å². The quantitative estimate of drug-likeness (QED) is 0.249. The molecule has 5 aromatic rings. The van der Waals surface area contributed by atoms with Crippen LogP contribution in [0.5, 0.6) is 0 Å². The Morgan fingerprint density at radius 3 is 2.67 bits per heavy atom. The van der Waals surface area contributed by atoms with Crippen LogP contribution in [-0.4, -0.2) is 73.0 Å². The van der Waals surface area contributed by atoms with Gasteiger partial charge < -0.3 is 24.3 Å². The minimum absolute atomic E-state index is 0.260. The average Bonchev–Trinajstić information content (AvgIpc) is 3.79. The minimum atomic E-state index is -0.777. The number of fused-ring (bicyclic) bond motifs is 2. The first kappa shape index (κ1) is 31.2. The minimum Gasteiger partial charge on any atom is -0.481 e. The van der Waals surface area contributed by atoms with E-state index in [1.807, 2.05) is 49.7 Å². The molecule has 1 amide bonds. The Labute approximate surface area is 277 Å². The number of anilines is 1. The number of likely N-dealkylation sites (tertiary alicyclic amines) is 1. The number of nitrogens with zero attached hydrogens (tertiary/aromatic N) is 7. The highest BCUT2D eigenvalue weighted by molar-refractivity contribution is 6.03. The number of carboxylic acids is 1. The third-order valence-corrected chi connectivity index (χ3v) is 9.67. The Morgan fingerprint density at radius 1 is 1.08 bits per heavy atom. The van der Waals surface area contributed by atoms with Crippen LogP contribution in [0.2, 0.25) is 0 Å². The molecule has 0 spiro atoms. The van der Waals surface area contributed by atoms with Crippen molar-refractivity contribution in [1.29, 1.82) is 5.26 Å². The molecule has 48 heavy (non-hydrogen) atoms. The molecule has 7 rings (SSSR count). The number of carboxylic acid groups (broad SMARTS) is 1. The first-order chi connectivity index (χ1) is 23.1. The summed E-state index contributed by atoms with van der Waals surface area (Å²) in [5.74, 6) is -0.672. The fraction of sp³-hybridized carbons (Fsp3) is 0.333. The molecule has 0 radical (unpaired) electrons. The second-order valence-corrected chi connectivity index (χ2v) is 12.8. The van der Waals surface area contributed by atoms with E-state index in [0.717, 1.165) is 58.7 Å². The van der Waals surface area contributed by atoms with E-state index >= 15 is 0 Å². The van der Waals surface area contributed by atoms with Crippen molar-refractivity contribution in [3.63, 3.8) is 0 Å². The summed E-state index contributed by atoms with van der Waals surface area (Å²) in [4.78, 5) is 43.1. The van der Waals surface area contributed by atoms with E-state index in [4.69, 9.17) is 9.40 Å². The number of hydrogen-bond acceptors (Lipinski definition) is 9. The summed E-state index contributed by atoms with van der Waals surface area (Å²) in [7, 11) is 3.95. The van der Waals surface area contributed by atoms with Gasteiger partial charge in [-0.05, 0) is 74.3 Å². The van der Waals surface area contributed by atoms with Crippen LogP contribution in [0, 0.1) is 31.1 Å². The van der Waals surface area contributed by atoms with E-state index in [1.165, 1.54) is 0 Å². The van der Waals surface area contributed by atoms with Gasteiger partial charge in [-0.3, -0.25) is 19.5 Å². The van der Waals surface area contributed by atoms with Crippen molar-refractivity contribution in [3.05, 3.63) is 82.2 Å². The first-order valence-electron chi connectivity index (χ1n) is 16.0. The van der Waals surface area contributed by atoms with Gasteiger partial charge in [-0.25, -0.2) is 9.97 Å². The summed E-state index contributed by atoms with van der Waals surface area (Å²) in [6, 6.07) is 11.7. The van der Waals surface area contributed by atoms with Crippen molar-refractivity contribution in [1.82, 2.24) is 29.3 Å². The van der Waals surface area contributed by atoms with E-state index in [9.17, 15) is 20.0 Å². The molecule has 12 nitrogen and oxygen atoms in total. The van der Waals surface area contributed by atoms with Crippen molar-refractivity contribution in [2.24, 2.45) is 13.0 Å². The highest BCUT2D eigenvalue weighted by Gasteiger charge is 2.29. The second kappa shape index (κ2) is 12.3. The molecule has 2 N–H and O–H groups in total. The zero-order chi connectivity index (χ0) is 33.7. The van der Waals surface area contributed by atoms with Gasteiger partial charge in [0.25, 0.3) is 5.91 Å². The fourth-order valence-corrected chi connectivity index (χ4v) is 6.93. The van der Waals surface area contributed by atoms with Crippen LogP contribution in [0.4, 0.5) is 5.69 Å². The number of benzene rings is 2. The zero-order valence-corrected chi connectivity index (χ0v) is 27.4. The van der Waals surface area contributed by atoms with Gasteiger partial charge in [-0.15, -0.1) is 0 Å². The number of aliphatic carboxylic acids is 1. The van der Waals surface area contributed by atoms with Crippen LogP contribution < -0.4 is 5.32 Å². The van der Waals surface area contributed by atoms with Gasteiger partial charge in [0, 0.05) is 69.0 Å². The second-order valence-electron chi connectivity index (χ2n) is 12.8. The predicted octanol–water partition coefficient (Wildman–Crippen LogP) is 4.93. The first-order valence-corrected chi connectivity index (χ1v) is 16.0. The van der Waals surface area contributed by atoms with Gasteiger partial charge in [0.05, 0.1) is 22.7 Å². The molecule has 3 aromatic heterocycles. The van der Waals surface area contributed by atoms with Gasteiger partial charge in [-0.2, -0.15) is 5.26 Å². The number of amides is 1. The number of nitrogens with one attached hydrogen (secondary N) is 1. The third kappa shape index (κ3) is 5.61. The number of hydrogen-bond donors (Lipinski definition) is 2. The topological polar surface area (TPSA) is 153 Å². The lowest BCUT2D eigenvalue weighted by molar-refractivity contribution is -0.141. The van der Waals surface area contributed by atoms with Crippen LogP contribution >= 0.6 is 0 Å². The normalized spacial score (nSPS) is 16.6. The molecular weight excluding hydrogens is 608 g/mol. The summed E-state index contributed by atoms with van der Waals surface area (Å²) in [6.07, 6.45) is 4.95. The van der Waals surface area contributed by atoms with Crippen LogP contribution in [0.15, 0.2) is 47.1 Å². The van der Waals surface area contributed by atoms with Crippen molar-refractivity contribution < 1.29 is 19.1 Å². The van der Waals surface area contributed by atoms with E-state index in [0.29, 0.717) is 65.7 Å². The number of carbonyl (C=O) groups is 2. The molecule has 2 aliphatic rings. The molecule has 1 fully saturated rings. The van der Waals surface area contributed by atoms with Crippen LogP contribution in [0.1, 0.15) is 50.7 Å². The Bertz CT molecular complexity index is 2140. The van der Waals surface area contributed by atoms with E-state index < -0.39 is 5.97 Å². The molecule has 0 unspecified atom stereocenters. The standard InChI is InChI=1S/C36H36N8O4/c1-20-26(25-6-5-7-28(21(25)2)40-34(45)33-39-30-19-42(3)10-9-31(30)43(33)4)15-38-16-27(20)35-41-29-13-22(12-24(14-37)32(29)48-35)17-44-11-8-23(18-44)36(46)47/h5-7,12-13,15-16,23H,8-11,17-19H2,1-4H3,(H,40,45)(H,46,47)/t23-/m1/s1. The highest BCUT2D eigenvalue weighted by atomic mass is 16.4. The monoisotopic (exact) mass is 644 g/mol. The molecule has 0 saturated carbocycles. The summed E-state index contributed by atoms with van der Waals surface area (Å²) in [6.45, 7) is 7.29. The summed E-state index contributed by atoms with van der Waals surface area (Å²) >= 11 is 0. The third-order valence-electron chi connectivity index (χ3n) is 9.67. The maximum atomic E-state index is 13.4. The molecule has 2 aromatic carbocycles. The summed E-state index contributed by atoms with van der Waals surface area (Å²) in [5.41, 5.74) is 9.15. The molecule has 244 valence electrons. The number of rotatable bonds is 7. The lowest BCUT2D eigenvalue weighted by Gasteiger charge is -2.21. The summed E-state index contributed by atoms with van der Waals surface area (Å²) < 4.78 is 8.09. The maximum Gasteiger partial charge on any atom is 0.307 e. The van der Waals surface area contributed by atoms with Crippen molar-refractivity contribution in [3.8, 4) is 28.7 Å². The predicted molar refractivity (Wildman–Crippen MR) is 179 cm³/mol. The van der Waals surface area contributed by atoms with E-state index in [2.05, 4.69) is 38.2 Å². The molecule has 0 aliphatic carbocycles.